The average Bonchev–Trinajstić information content (AvgIpc) is 1.83. The third-order valence-electron chi connectivity index (χ3n) is 1.47. The lowest BCUT2D eigenvalue weighted by Crippen LogP contribution is -2.13. The second-order valence-corrected chi connectivity index (χ2v) is 4.54. The third kappa shape index (κ3) is 2.00. The maximum absolute atomic E-state index is 10.9. The Labute approximate surface area is 77.1 Å². The number of sulfonamides is 1. The van der Waals surface area contributed by atoms with Crippen molar-refractivity contribution >= 4 is 22.7 Å². The van der Waals surface area contributed by atoms with Crippen LogP contribution in [0.4, 0.5) is 0 Å². The molecule has 0 fully saturated rings. The molecule has 1 aromatic rings. The number of hydrogen-bond donors (Lipinski definition) is 2. The molecule has 0 atom stereocenters. The minimum atomic E-state index is -3.58. The van der Waals surface area contributed by atoms with Crippen molar-refractivity contribution in [2.45, 2.75) is 16.7 Å². The lowest BCUT2D eigenvalue weighted by atomic mass is 10.2. The maximum Gasteiger partial charge on any atom is 0.238 e. The van der Waals surface area contributed by atoms with Crippen molar-refractivity contribution in [1.29, 1.82) is 0 Å². The molecule has 0 heterocycles. The number of hydrogen-bond acceptors (Lipinski definition) is 3. The molecule has 0 amide bonds. The highest BCUT2D eigenvalue weighted by molar-refractivity contribution is 7.89. The van der Waals surface area contributed by atoms with E-state index in [1.54, 1.807) is 19.1 Å². The summed E-state index contributed by atoms with van der Waals surface area (Å²) in [4.78, 5) is 0.875. The molecule has 0 aliphatic heterocycles. The average molecular weight is 203 g/mol. The minimum Gasteiger partial charge on any atom is -0.225 e. The number of nitrogens with two attached hydrogens (primary N) is 1. The van der Waals surface area contributed by atoms with Gasteiger partial charge in [-0.25, -0.2) is 13.6 Å². The molecule has 2 N–H and O–H groups in total. The first kappa shape index (κ1) is 9.57. The zero-order chi connectivity index (χ0) is 9.35. The summed E-state index contributed by atoms with van der Waals surface area (Å²) < 4.78 is 21.8. The number of primary sulfonamides is 1. The number of rotatable bonds is 1. The minimum absolute atomic E-state index is 0.153. The zero-order valence-corrected chi connectivity index (χ0v) is 8.19. The molecule has 0 saturated heterocycles. The van der Waals surface area contributed by atoms with Crippen molar-refractivity contribution in [3.8, 4) is 0 Å². The SMILES string of the molecule is Cc1cc(S)ccc1S(N)(=O)=O. The van der Waals surface area contributed by atoms with E-state index in [1.165, 1.54) is 6.07 Å². The summed E-state index contributed by atoms with van der Waals surface area (Å²) in [5.74, 6) is 0. The van der Waals surface area contributed by atoms with E-state index in [0.29, 0.717) is 5.56 Å². The molecule has 0 aliphatic rings. The summed E-state index contributed by atoms with van der Waals surface area (Å²) in [6, 6.07) is 4.70. The van der Waals surface area contributed by atoms with Crippen LogP contribution in [-0.4, -0.2) is 8.42 Å². The number of benzene rings is 1. The van der Waals surface area contributed by atoms with Crippen LogP contribution >= 0.6 is 12.6 Å². The van der Waals surface area contributed by atoms with Crippen molar-refractivity contribution in [3.05, 3.63) is 23.8 Å². The van der Waals surface area contributed by atoms with Gasteiger partial charge in [0.15, 0.2) is 0 Å². The van der Waals surface area contributed by atoms with Crippen LogP contribution in [0.25, 0.3) is 0 Å². The molecule has 1 rings (SSSR count). The molecule has 0 spiro atoms. The highest BCUT2D eigenvalue weighted by Crippen LogP contribution is 2.16. The van der Waals surface area contributed by atoms with Crippen molar-refractivity contribution in [3.63, 3.8) is 0 Å². The molecule has 12 heavy (non-hydrogen) atoms. The fourth-order valence-corrected chi connectivity index (χ4v) is 1.99. The van der Waals surface area contributed by atoms with Crippen molar-refractivity contribution in [1.82, 2.24) is 0 Å². The van der Waals surface area contributed by atoms with Crippen LogP contribution in [0.15, 0.2) is 28.0 Å². The molecule has 3 nitrogen and oxygen atoms in total. The Morgan fingerprint density at radius 3 is 2.42 bits per heavy atom. The van der Waals surface area contributed by atoms with E-state index >= 15 is 0 Å². The maximum atomic E-state index is 10.9. The van der Waals surface area contributed by atoms with E-state index < -0.39 is 10.0 Å². The Morgan fingerprint density at radius 1 is 1.42 bits per heavy atom. The molecule has 0 bridgehead atoms. The van der Waals surface area contributed by atoms with Gasteiger partial charge < -0.3 is 0 Å². The van der Waals surface area contributed by atoms with Gasteiger partial charge in [-0.05, 0) is 30.7 Å². The van der Waals surface area contributed by atoms with Gasteiger partial charge in [0.05, 0.1) is 4.90 Å². The first-order chi connectivity index (χ1) is 5.41. The monoisotopic (exact) mass is 203 g/mol. The quantitative estimate of drug-likeness (QED) is 0.667. The predicted octanol–water partition coefficient (Wildman–Crippen LogP) is 0.931. The van der Waals surface area contributed by atoms with Crippen molar-refractivity contribution in [2.24, 2.45) is 5.14 Å². The van der Waals surface area contributed by atoms with E-state index in [9.17, 15) is 8.42 Å². The van der Waals surface area contributed by atoms with Crippen molar-refractivity contribution in [2.75, 3.05) is 0 Å². The molecule has 66 valence electrons. The summed E-state index contributed by atoms with van der Waals surface area (Å²) >= 11 is 4.06. The molecule has 0 aromatic heterocycles. The first-order valence-electron chi connectivity index (χ1n) is 3.23. The lowest BCUT2D eigenvalue weighted by Gasteiger charge is -2.02. The highest BCUT2D eigenvalue weighted by Gasteiger charge is 2.10. The van der Waals surface area contributed by atoms with Gasteiger partial charge in [0.2, 0.25) is 10.0 Å². The molecule has 0 aliphatic carbocycles. The molecule has 0 radical (unpaired) electrons. The van der Waals surface area contributed by atoms with Crippen LogP contribution in [0.3, 0.4) is 0 Å². The smallest absolute Gasteiger partial charge is 0.225 e. The van der Waals surface area contributed by atoms with E-state index in [-0.39, 0.29) is 4.90 Å². The number of thiol groups is 1. The van der Waals surface area contributed by atoms with E-state index in [4.69, 9.17) is 5.14 Å². The standard InChI is InChI=1S/C7H9NO2S2/c1-5-4-6(11)2-3-7(5)12(8,9)10/h2-4,11H,1H3,(H2,8,9,10). The Hall–Kier alpha value is -0.520. The fourth-order valence-electron chi connectivity index (χ4n) is 0.953. The van der Waals surface area contributed by atoms with Crippen LogP contribution in [0.5, 0.6) is 0 Å². The van der Waals surface area contributed by atoms with Gasteiger partial charge >= 0.3 is 0 Å². The van der Waals surface area contributed by atoms with Gasteiger partial charge in [0.1, 0.15) is 0 Å². The predicted molar refractivity (Wildman–Crippen MR) is 49.8 cm³/mol. The van der Waals surface area contributed by atoms with E-state index in [2.05, 4.69) is 12.6 Å². The Bertz CT molecular complexity index is 398. The van der Waals surface area contributed by atoms with Crippen LogP contribution < -0.4 is 5.14 Å². The molecular formula is C7H9NO2S2. The van der Waals surface area contributed by atoms with Gasteiger partial charge in [-0.2, -0.15) is 0 Å². The van der Waals surface area contributed by atoms with Gasteiger partial charge in [-0.15, -0.1) is 12.6 Å². The highest BCUT2D eigenvalue weighted by atomic mass is 32.2. The normalized spacial score (nSPS) is 11.6. The summed E-state index contributed by atoms with van der Waals surface area (Å²) in [7, 11) is -3.58. The van der Waals surface area contributed by atoms with Gasteiger partial charge in [-0.3, -0.25) is 0 Å². The summed E-state index contributed by atoms with van der Waals surface area (Å²) in [5, 5.41) is 4.95. The summed E-state index contributed by atoms with van der Waals surface area (Å²) in [6.45, 7) is 1.68. The Morgan fingerprint density at radius 2 is 2.00 bits per heavy atom. The van der Waals surface area contributed by atoms with Gasteiger partial charge in [-0.1, -0.05) is 0 Å². The largest absolute Gasteiger partial charge is 0.238 e. The van der Waals surface area contributed by atoms with Crippen LogP contribution in [0.2, 0.25) is 0 Å². The topological polar surface area (TPSA) is 60.2 Å². The lowest BCUT2D eigenvalue weighted by molar-refractivity contribution is 0.597. The summed E-state index contributed by atoms with van der Waals surface area (Å²) in [6.07, 6.45) is 0. The second kappa shape index (κ2) is 3.08. The number of aryl methyl sites for hydroxylation is 1. The molecule has 1 aromatic carbocycles. The van der Waals surface area contributed by atoms with Crippen LogP contribution in [0, 0.1) is 6.92 Å². The first-order valence-corrected chi connectivity index (χ1v) is 5.23. The van der Waals surface area contributed by atoms with Crippen molar-refractivity contribution < 1.29 is 8.42 Å². The third-order valence-corrected chi connectivity index (χ3v) is 2.81. The molecule has 5 heteroatoms. The van der Waals surface area contributed by atoms with Gasteiger partial charge in [0.25, 0.3) is 0 Å². The summed E-state index contributed by atoms with van der Waals surface area (Å²) in [5.41, 5.74) is 0.616. The molecular weight excluding hydrogens is 194 g/mol. The van der Waals surface area contributed by atoms with E-state index in [1.807, 2.05) is 0 Å². The Kier molecular flexibility index (Phi) is 2.46. The fraction of sp³-hybridized carbons (Fsp3) is 0.143. The van der Waals surface area contributed by atoms with Crippen LogP contribution in [-0.2, 0) is 10.0 Å². The van der Waals surface area contributed by atoms with Gasteiger partial charge in [0, 0.05) is 4.90 Å². The second-order valence-electron chi connectivity index (χ2n) is 2.49. The molecule has 0 unspecified atom stereocenters. The van der Waals surface area contributed by atoms with Crippen LogP contribution in [0.1, 0.15) is 5.56 Å². The Balaban J connectivity index is 3.39. The van der Waals surface area contributed by atoms with E-state index in [0.717, 1.165) is 4.90 Å². The molecule has 0 saturated carbocycles. The zero-order valence-electron chi connectivity index (χ0n) is 6.48.